The van der Waals surface area contributed by atoms with Gasteiger partial charge in [0, 0.05) is 10.4 Å². The second-order valence-corrected chi connectivity index (χ2v) is 5.37. The Kier molecular flexibility index (Phi) is 4.55. The Bertz CT molecular complexity index is 499. The van der Waals surface area contributed by atoms with Gasteiger partial charge in [0.15, 0.2) is 0 Å². The zero-order chi connectivity index (χ0) is 13.8. The first kappa shape index (κ1) is 14.0. The van der Waals surface area contributed by atoms with Crippen LogP contribution in [0.5, 0.6) is 0 Å². The molecular weight excluding hydrogens is 312 g/mol. The highest BCUT2D eigenvalue weighted by molar-refractivity contribution is 9.10. The maximum absolute atomic E-state index is 12.1. The zero-order valence-corrected chi connectivity index (χ0v) is 11.9. The van der Waals surface area contributed by atoms with Gasteiger partial charge in [-0.1, -0.05) is 0 Å². The van der Waals surface area contributed by atoms with E-state index in [0.29, 0.717) is 10.2 Å². The van der Waals surface area contributed by atoms with Crippen LogP contribution in [-0.4, -0.2) is 30.1 Å². The molecule has 1 saturated heterocycles. The fourth-order valence-electron chi connectivity index (χ4n) is 2.07. The fourth-order valence-corrected chi connectivity index (χ4v) is 2.42. The molecule has 102 valence electrons. The molecule has 1 fully saturated rings. The van der Waals surface area contributed by atoms with Crippen molar-refractivity contribution in [2.45, 2.75) is 12.8 Å². The fraction of sp³-hybridized carbons (Fsp3) is 0.385. The lowest BCUT2D eigenvalue weighted by Gasteiger charge is -2.22. The maximum atomic E-state index is 12.1. The Labute approximate surface area is 119 Å². The number of anilines is 1. The third-order valence-corrected chi connectivity index (χ3v) is 3.87. The summed E-state index contributed by atoms with van der Waals surface area (Å²) in [6.07, 6.45) is 1.62. The van der Waals surface area contributed by atoms with E-state index < -0.39 is 5.97 Å². The minimum Gasteiger partial charge on any atom is -0.478 e. The van der Waals surface area contributed by atoms with Crippen molar-refractivity contribution < 1.29 is 14.7 Å². The molecule has 0 unspecified atom stereocenters. The Morgan fingerprint density at radius 2 is 2.00 bits per heavy atom. The molecule has 0 aliphatic carbocycles. The number of hydrogen-bond acceptors (Lipinski definition) is 3. The monoisotopic (exact) mass is 326 g/mol. The lowest BCUT2D eigenvalue weighted by molar-refractivity contribution is -0.120. The normalized spacial score (nSPS) is 16.1. The maximum Gasteiger partial charge on any atom is 0.335 e. The number of halogens is 1. The average molecular weight is 327 g/mol. The number of nitrogens with one attached hydrogen (secondary N) is 2. The number of carboxylic acid groups (broad SMARTS) is 1. The Hall–Kier alpha value is -1.40. The number of piperidine rings is 1. The van der Waals surface area contributed by atoms with Crippen LogP contribution in [0.15, 0.2) is 22.7 Å². The summed E-state index contributed by atoms with van der Waals surface area (Å²) in [5.74, 6) is -1.07. The summed E-state index contributed by atoms with van der Waals surface area (Å²) in [7, 11) is 0. The second kappa shape index (κ2) is 6.16. The van der Waals surface area contributed by atoms with E-state index in [1.165, 1.54) is 12.1 Å². The van der Waals surface area contributed by atoms with Crippen LogP contribution in [0.1, 0.15) is 23.2 Å². The Morgan fingerprint density at radius 3 is 2.63 bits per heavy atom. The van der Waals surface area contributed by atoms with Crippen molar-refractivity contribution in [2.75, 3.05) is 18.4 Å². The van der Waals surface area contributed by atoms with Crippen molar-refractivity contribution in [3.8, 4) is 0 Å². The highest BCUT2D eigenvalue weighted by Crippen LogP contribution is 2.25. The molecule has 0 aromatic heterocycles. The van der Waals surface area contributed by atoms with Gasteiger partial charge in [0.1, 0.15) is 0 Å². The third-order valence-electron chi connectivity index (χ3n) is 3.18. The molecule has 0 spiro atoms. The number of aromatic carboxylic acids is 1. The number of rotatable bonds is 3. The van der Waals surface area contributed by atoms with E-state index in [0.717, 1.165) is 25.9 Å². The quantitative estimate of drug-likeness (QED) is 0.794. The summed E-state index contributed by atoms with van der Waals surface area (Å²) in [6.45, 7) is 1.68. The predicted octanol–water partition coefficient (Wildman–Crippen LogP) is 2.09. The van der Waals surface area contributed by atoms with Gasteiger partial charge in [-0.15, -0.1) is 0 Å². The van der Waals surface area contributed by atoms with Gasteiger partial charge in [0.05, 0.1) is 11.3 Å². The highest BCUT2D eigenvalue weighted by Gasteiger charge is 2.21. The number of carbonyl (C=O) groups excluding carboxylic acids is 1. The topological polar surface area (TPSA) is 78.4 Å². The Balaban J connectivity index is 2.11. The van der Waals surface area contributed by atoms with Gasteiger partial charge in [0.25, 0.3) is 0 Å². The molecule has 1 aliphatic rings. The van der Waals surface area contributed by atoms with Gasteiger partial charge >= 0.3 is 5.97 Å². The van der Waals surface area contributed by atoms with Gasteiger partial charge in [-0.25, -0.2) is 4.79 Å². The molecule has 0 bridgehead atoms. The first-order valence-electron chi connectivity index (χ1n) is 6.12. The van der Waals surface area contributed by atoms with E-state index >= 15 is 0 Å². The van der Waals surface area contributed by atoms with Gasteiger partial charge in [-0.05, 0) is 60.1 Å². The minimum absolute atomic E-state index is 0.0124. The highest BCUT2D eigenvalue weighted by atomic mass is 79.9. The largest absolute Gasteiger partial charge is 0.478 e. The van der Waals surface area contributed by atoms with E-state index in [1.54, 1.807) is 6.07 Å². The molecule has 19 heavy (non-hydrogen) atoms. The van der Waals surface area contributed by atoms with Crippen LogP contribution >= 0.6 is 15.9 Å². The smallest absolute Gasteiger partial charge is 0.335 e. The summed E-state index contributed by atoms with van der Waals surface area (Å²) >= 11 is 3.31. The van der Waals surface area contributed by atoms with Crippen LogP contribution in [0, 0.1) is 5.92 Å². The lowest BCUT2D eigenvalue weighted by atomic mass is 9.97. The van der Waals surface area contributed by atoms with E-state index in [9.17, 15) is 9.59 Å². The summed E-state index contributed by atoms with van der Waals surface area (Å²) in [5.41, 5.74) is 0.659. The van der Waals surface area contributed by atoms with Crippen LogP contribution in [0.25, 0.3) is 0 Å². The summed E-state index contributed by atoms with van der Waals surface area (Å²) < 4.78 is 0.680. The van der Waals surface area contributed by atoms with Crippen molar-refractivity contribution in [3.63, 3.8) is 0 Å². The number of carbonyl (C=O) groups is 2. The van der Waals surface area contributed by atoms with Gasteiger partial charge in [0.2, 0.25) is 5.91 Å². The predicted molar refractivity (Wildman–Crippen MR) is 75.3 cm³/mol. The SMILES string of the molecule is O=C(O)c1ccc(Br)c(NC(=O)C2CCNCC2)c1. The summed E-state index contributed by atoms with van der Waals surface area (Å²) in [5, 5.41) is 14.9. The van der Waals surface area contributed by atoms with E-state index in [1.807, 2.05) is 0 Å². The first-order valence-corrected chi connectivity index (χ1v) is 6.91. The van der Waals surface area contributed by atoms with Crippen molar-refractivity contribution in [2.24, 2.45) is 5.92 Å². The molecule has 0 saturated carbocycles. The van der Waals surface area contributed by atoms with Gasteiger partial charge < -0.3 is 15.7 Å². The lowest BCUT2D eigenvalue weighted by Crippen LogP contribution is -2.34. The molecule has 0 atom stereocenters. The van der Waals surface area contributed by atoms with Crippen molar-refractivity contribution in [3.05, 3.63) is 28.2 Å². The minimum atomic E-state index is -1.01. The summed E-state index contributed by atoms with van der Waals surface area (Å²) in [6, 6.07) is 4.58. The summed E-state index contributed by atoms with van der Waals surface area (Å²) in [4.78, 5) is 23.0. The molecule has 1 amide bonds. The molecule has 1 aromatic carbocycles. The number of carboxylic acids is 1. The van der Waals surface area contributed by atoms with E-state index in [2.05, 4.69) is 26.6 Å². The molecule has 1 aliphatic heterocycles. The molecular formula is C13H15BrN2O3. The van der Waals surface area contributed by atoms with E-state index in [-0.39, 0.29) is 17.4 Å². The standard InChI is InChI=1S/C13H15BrN2O3/c14-10-2-1-9(13(18)19)7-11(10)16-12(17)8-3-5-15-6-4-8/h1-2,7-8,15H,3-6H2,(H,16,17)(H,18,19). The number of benzene rings is 1. The van der Waals surface area contributed by atoms with Crippen LogP contribution in [0.3, 0.4) is 0 Å². The number of hydrogen-bond donors (Lipinski definition) is 3. The molecule has 1 heterocycles. The Morgan fingerprint density at radius 1 is 1.32 bits per heavy atom. The van der Waals surface area contributed by atoms with Gasteiger partial charge in [-0.2, -0.15) is 0 Å². The van der Waals surface area contributed by atoms with Crippen molar-refractivity contribution >= 4 is 33.5 Å². The second-order valence-electron chi connectivity index (χ2n) is 4.51. The van der Waals surface area contributed by atoms with Crippen LogP contribution in [-0.2, 0) is 4.79 Å². The molecule has 0 radical (unpaired) electrons. The van der Waals surface area contributed by atoms with Crippen LogP contribution in [0.4, 0.5) is 5.69 Å². The van der Waals surface area contributed by atoms with Crippen molar-refractivity contribution in [1.29, 1.82) is 0 Å². The molecule has 3 N–H and O–H groups in total. The molecule has 6 heteroatoms. The number of amides is 1. The van der Waals surface area contributed by atoms with Crippen LogP contribution < -0.4 is 10.6 Å². The van der Waals surface area contributed by atoms with Crippen molar-refractivity contribution in [1.82, 2.24) is 5.32 Å². The first-order chi connectivity index (χ1) is 9.08. The average Bonchev–Trinajstić information content (AvgIpc) is 2.42. The van der Waals surface area contributed by atoms with Gasteiger partial charge in [-0.3, -0.25) is 4.79 Å². The zero-order valence-electron chi connectivity index (χ0n) is 10.3. The molecule has 2 rings (SSSR count). The molecule has 1 aromatic rings. The van der Waals surface area contributed by atoms with Crippen LogP contribution in [0.2, 0.25) is 0 Å². The third kappa shape index (κ3) is 3.54. The van der Waals surface area contributed by atoms with E-state index in [4.69, 9.17) is 5.11 Å². The molecule has 5 nitrogen and oxygen atoms in total.